The van der Waals surface area contributed by atoms with Gasteiger partial charge < -0.3 is 5.11 Å². The van der Waals surface area contributed by atoms with Crippen molar-refractivity contribution in [1.29, 1.82) is 0 Å². The van der Waals surface area contributed by atoms with Gasteiger partial charge in [0, 0.05) is 0 Å². The van der Waals surface area contributed by atoms with Gasteiger partial charge in [-0.15, -0.1) is 0 Å². The average Bonchev–Trinajstić information content (AvgIpc) is 3.02. The number of aliphatic hydroxyl groups excluding tert-OH is 1. The van der Waals surface area contributed by atoms with Gasteiger partial charge in [0.1, 0.15) is 0 Å². The second-order valence-corrected chi connectivity index (χ2v) is 13.9. The minimum atomic E-state index is -0.0639. The summed E-state index contributed by atoms with van der Waals surface area (Å²) in [5, 5.41) is 10.6. The van der Waals surface area contributed by atoms with Crippen molar-refractivity contribution in [3.8, 4) is 0 Å². The number of hydrogen-bond donors (Lipinski definition) is 1. The van der Waals surface area contributed by atoms with Crippen LogP contribution in [-0.4, -0.2) is 11.2 Å². The Morgan fingerprint density at radius 2 is 1.56 bits per heavy atom. The van der Waals surface area contributed by atoms with Gasteiger partial charge in [-0.05, 0) is 122 Å². The maximum atomic E-state index is 10.6. The van der Waals surface area contributed by atoms with Crippen molar-refractivity contribution in [2.45, 2.75) is 125 Å². The second kappa shape index (κ2) is 8.73. The lowest BCUT2D eigenvalue weighted by Gasteiger charge is -2.65. The second-order valence-electron chi connectivity index (χ2n) is 13.9. The zero-order chi connectivity index (χ0) is 23.5. The van der Waals surface area contributed by atoms with Crippen molar-refractivity contribution in [1.82, 2.24) is 0 Å². The van der Waals surface area contributed by atoms with Crippen LogP contribution in [0.5, 0.6) is 0 Å². The summed E-state index contributed by atoms with van der Waals surface area (Å²) in [6, 6.07) is 0. The molecule has 0 aromatic heterocycles. The Morgan fingerprint density at radius 1 is 0.906 bits per heavy atom. The number of allylic oxidation sites excluding steroid dienone is 1. The van der Waals surface area contributed by atoms with E-state index in [0.29, 0.717) is 22.2 Å². The van der Waals surface area contributed by atoms with E-state index in [9.17, 15) is 5.11 Å². The van der Waals surface area contributed by atoms with E-state index < -0.39 is 0 Å². The summed E-state index contributed by atoms with van der Waals surface area (Å²) in [5.74, 6) is 5.33. The summed E-state index contributed by atoms with van der Waals surface area (Å²) in [4.78, 5) is 0. The van der Waals surface area contributed by atoms with E-state index in [-0.39, 0.29) is 6.10 Å². The zero-order valence-corrected chi connectivity index (χ0v) is 22.6. The highest BCUT2D eigenvalue weighted by molar-refractivity contribution is 5.20. The highest BCUT2D eigenvalue weighted by Crippen LogP contribution is 2.73. The summed E-state index contributed by atoms with van der Waals surface area (Å²) in [6.45, 7) is 22.3. The van der Waals surface area contributed by atoms with Crippen LogP contribution < -0.4 is 0 Å². The molecule has 0 saturated heterocycles. The van der Waals surface area contributed by atoms with Crippen molar-refractivity contribution < 1.29 is 5.11 Å². The predicted molar refractivity (Wildman–Crippen MR) is 137 cm³/mol. The molecule has 0 heterocycles. The molecule has 0 radical (unpaired) electrons. The van der Waals surface area contributed by atoms with E-state index >= 15 is 0 Å². The number of hydrogen-bond acceptors (Lipinski definition) is 1. The molecule has 4 aliphatic carbocycles. The fourth-order valence-electron chi connectivity index (χ4n) is 10.3. The monoisotopic (exact) mass is 442 g/mol. The highest BCUT2D eigenvalue weighted by Gasteiger charge is 2.66. The smallest absolute Gasteiger partial charge is 0.0568 e. The van der Waals surface area contributed by atoms with Gasteiger partial charge in [0.2, 0.25) is 0 Å². The topological polar surface area (TPSA) is 20.2 Å². The third-order valence-electron chi connectivity index (χ3n) is 12.8. The predicted octanol–water partition coefficient (Wildman–Crippen LogP) is 8.66. The molecule has 0 spiro atoms. The molecule has 32 heavy (non-hydrogen) atoms. The van der Waals surface area contributed by atoms with Crippen molar-refractivity contribution in [3.63, 3.8) is 0 Å². The summed E-state index contributed by atoms with van der Waals surface area (Å²) >= 11 is 0. The largest absolute Gasteiger partial charge is 0.393 e. The molecular weight excluding hydrogens is 388 g/mol. The summed E-state index contributed by atoms with van der Waals surface area (Å²) < 4.78 is 0. The molecule has 1 nitrogen and oxygen atoms in total. The molecule has 1 unspecified atom stereocenters. The third-order valence-corrected chi connectivity index (χ3v) is 12.8. The third kappa shape index (κ3) is 3.58. The Labute approximate surface area is 200 Å². The van der Waals surface area contributed by atoms with E-state index in [2.05, 4.69) is 48.5 Å². The molecule has 4 aliphatic rings. The average molecular weight is 443 g/mol. The lowest BCUT2D eigenvalue weighted by atomic mass is 9.39. The first-order valence-corrected chi connectivity index (χ1v) is 14.3. The van der Waals surface area contributed by atoms with E-state index in [4.69, 9.17) is 6.58 Å². The zero-order valence-electron chi connectivity index (χ0n) is 22.6. The maximum absolute atomic E-state index is 10.6. The Kier molecular flexibility index (Phi) is 6.77. The van der Waals surface area contributed by atoms with Crippen molar-refractivity contribution in [2.24, 2.45) is 57.7 Å². The minimum absolute atomic E-state index is 0.0639. The Bertz CT molecular complexity index is 695. The first-order chi connectivity index (χ1) is 15.0. The van der Waals surface area contributed by atoms with Crippen LogP contribution in [0.4, 0.5) is 0 Å². The van der Waals surface area contributed by atoms with Gasteiger partial charge in [-0.1, -0.05) is 67.0 Å². The normalized spacial score (nSPS) is 49.3. The Hall–Kier alpha value is -0.300. The van der Waals surface area contributed by atoms with E-state index in [1.54, 1.807) is 5.57 Å². The van der Waals surface area contributed by atoms with E-state index in [1.807, 2.05) is 0 Å². The van der Waals surface area contributed by atoms with Crippen molar-refractivity contribution in [3.05, 3.63) is 12.2 Å². The summed E-state index contributed by atoms with van der Waals surface area (Å²) in [6.07, 6.45) is 14.5. The molecule has 184 valence electrons. The van der Waals surface area contributed by atoms with Crippen LogP contribution in [0.15, 0.2) is 12.2 Å². The van der Waals surface area contributed by atoms with Gasteiger partial charge in [0.25, 0.3) is 0 Å². The molecule has 4 fully saturated rings. The van der Waals surface area contributed by atoms with Crippen LogP contribution in [0.1, 0.15) is 119 Å². The van der Waals surface area contributed by atoms with E-state index in [1.165, 1.54) is 64.2 Å². The van der Waals surface area contributed by atoms with Gasteiger partial charge in [-0.3, -0.25) is 0 Å². The van der Waals surface area contributed by atoms with Crippen LogP contribution in [-0.2, 0) is 0 Å². The van der Waals surface area contributed by atoms with Crippen LogP contribution >= 0.6 is 0 Å². The fourth-order valence-corrected chi connectivity index (χ4v) is 10.3. The molecule has 0 aromatic rings. The number of rotatable bonds is 6. The molecule has 1 heteroatoms. The van der Waals surface area contributed by atoms with Crippen LogP contribution in [0.3, 0.4) is 0 Å². The lowest BCUT2D eigenvalue weighted by Crippen LogP contribution is -2.59. The molecule has 0 aliphatic heterocycles. The molecule has 0 bridgehead atoms. The number of fused-ring (bicyclic) bond motifs is 5. The lowest BCUT2D eigenvalue weighted by molar-refractivity contribution is -0.174. The maximum Gasteiger partial charge on any atom is 0.0568 e. The van der Waals surface area contributed by atoms with Crippen molar-refractivity contribution >= 4 is 0 Å². The molecular formula is C31H54O. The van der Waals surface area contributed by atoms with Gasteiger partial charge in [-0.25, -0.2) is 0 Å². The van der Waals surface area contributed by atoms with Gasteiger partial charge in [0.05, 0.1) is 6.10 Å². The first kappa shape index (κ1) is 24.8. The first-order valence-electron chi connectivity index (χ1n) is 14.3. The van der Waals surface area contributed by atoms with Crippen LogP contribution in [0, 0.1) is 57.7 Å². The molecule has 1 N–H and O–H groups in total. The van der Waals surface area contributed by atoms with Crippen LogP contribution in [0.25, 0.3) is 0 Å². The van der Waals surface area contributed by atoms with Crippen molar-refractivity contribution in [2.75, 3.05) is 0 Å². The standard InChI is InChI=1S/C31H54O/c1-9-23(20(2)3)11-10-21(4)24-14-18-31(8)27-13-12-25-22(5)28(32)16-17-29(25,6)26(27)15-19-30(24,31)7/h20,22-28,32H,4,9-19H2,1-3,5-8H3/t22-,23?,24+,25-,26-,27+,28-,29-,30+,31-/m0/s1. The summed E-state index contributed by atoms with van der Waals surface area (Å²) in [5.41, 5.74) is 2.95. The molecule has 0 aromatic carbocycles. The van der Waals surface area contributed by atoms with Gasteiger partial charge in [0.15, 0.2) is 0 Å². The SMILES string of the molecule is C=C(CCC(CC)C(C)C)[C@H]1CC[C@@]2(C)[C@@H]3CC[C@H]4[C@H](C)[C@@H](O)CC[C@]4(C)[C@H]3CC[C@]12C. The van der Waals surface area contributed by atoms with E-state index in [0.717, 1.165) is 41.9 Å². The molecule has 4 saturated carbocycles. The van der Waals surface area contributed by atoms with Gasteiger partial charge >= 0.3 is 0 Å². The Balaban J connectivity index is 1.53. The molecule has 10 atom stereocenters. The highest BCUT2D eigenvalue weighted by atomic mass is 16.3. The quantitative estimate of drug-likeness (QED) is 0.408. The molecule has 4 rings (SSSR count). The van der Waals surface area contributed by atoms with Crippen LogP contribution in [0.2, 0.25) is 0 Å². The number of aliphatic hydroxyl groups is 1. The fraction of sp³-hybridized carbons (Fsp3) is 0.935. The Morgan fingerprint density at radius 3 is 2.22 bits per heavy atom. The minimum Gasteiger partial charge on any atom is -0.393 e. The van der Waals surface area contributed by atoms with Gasteiger partial charge in [-0.2, -0.15) is 0 Å². The summed E-state index contributed by atoms with van der Waals surface area (Å²) in [7, 11) is 0. The molecule has 0 amide bonds.